The lowest BCUT2D eigenvalue weighted by Gasteiger charge is -2.22. The minimum absolute atomic E-state index is 0.198. The van der Waals surface area contributed by atoms with Crippen LogP contribution in [0.1, 0.15) is 39.0 Å². The van der Waals surface area contributed by atoms with Crippen molar-refractivity contribution in [3.05, 3.63) is 0 Å². The molecule has 14 heavy (non-hydrogen) atoms. The summed E-state index contributed by atoms with van der Waals surface area (Å²) in [6.45, 7) is 3.68. The highest BCUT2D eigenvalue weighted by molar-refractivity contribution is 5.79. The Morgan fingerprint density at radius 3 is 3.00 bits per heavy atom. The van der Waals surface area contributed by atoms with E-state index >= 15 is 0 Å². The van der Waals surface area contributed by atoms with E-state index in [0.29, 0.717) is 13.0 Å². The zero-order valence-electron chi connectivity index (χ0n) is 8.96. The van der Waals surface area contributed by atoms with Gasteiger partial charge in [-0.3, -0.25) is 4.79 Å². The van der Waals surface area contributed by atoms with Gasteiger partial charge in [0.15, 0.2) is 5.78 Å². The Morgan fingerprint density at radius 2 is 2.36 bits per heavy atom. The summed E-state index contributed by atoms with van der Waals surface area (Å²) in [6.07, 6.45) is 5.20. The normalized spacial score (nSPS) is 22.2. The lowest BCUT2D eigenvalue weighted by atomic mass is 10.1. The number of ether oxygens (including phenoxy) is 2. The zero-order chi connectivity index (χ0) is 10.2. The fraction of sp³-hybridized carbons (Fsp3) is 0.909. The Hall–Kier alpha value is -0.410. The average molecular weight is 200 g/mol. The zero-order valence-corrected chi connectivity index (χ0v) is 8.96. The van der Waals surface area contributed by atoms with Gasteiger partial charge in [0.1, 0.15) is 6.61 Å². The SMILES string of the molecule is CCCC(=O)COCC1CCCCO1. The molecule has 0 N–H and O–H groups in total. The highest BCUT2D eigenvalue weighted by atomic mass is 16.5. The van der Waals surface area contributed by atoms with Crippen molar-refractivity contribution in [1.82, 2.24) is 0 Å². The van der Waals surface area contributed by atoms with E-state index in [9.17, 15) is 4.79 Å². The molecule has 0 radical (unpaired) electrons. The summed E-state index contributed by atoms with van der Waals surface area (Å²) >= 11 is 0. The average Bonchev–Trinajstić information content (AvgIpc) is 2.20. The maximum Gasteiger partial charge on any atom is 0.158 e. The van der Waals surface area contributed by atoms with Gasteiger partial charge in [-0.15, -0.1) is 0 Å². The van der Waals surface area contributed by atoms with Crippen molar-refractivity contribution in [3.8, 4) is 0 Å². The number of ketones is 1. The predicted molar refractivity (Wildman–Crippen MR) is 54.3 cm³/mol. The fourth-order valence-electron chi connectivity index (χ4n) is 1.59. The topological polar surface area (TPSA) is 35.5 Å². The van der Waals surface area contributed by atoms with Crippen LogP contribution in [0.3, 0.4) is 0 Å². The Labute approximate surface area is 85.8 Å². The van der Waals surface area contributed by atoms with Crippen LogP contribution >= 0.6 is 0 Å². The number of Topliss-reactive ketones (excluding diaryl/α,β-unsaturated/α-hetero) is 1. The Balaban J connectivity index is 1.99. The lowest BCUT2D eigenvalue weighted by Crippen LogP contribution is -2.25. The fourth-order valence-corrected chi connectivity index (χ4v) is 1.59. The summed E-state index contributed by atoms with van der Waals surface area (Å²) in [4.78, 5) is 11.1. The third-order valence-corrected chi connectivity index (χ3v) is 2.37. The number of carbonyl (C=O) groups is 1. The van der Waals surface area contributed by atoms with Crippen LogP contribution in [0, 0.1) is 0 Å². The van der Waals surface area contributed by atoms with Crippen molar-refractivity contribution in [2.24, 2.45) is 0 Å². The Bertz CT molecular complexity index is 162. The van der Waals surface area contributed by atoms with Crippen molar-refractivity contribution < 1.29 is 14.3 Å². The van der Waals surface area contributed by atoms with E-state index in [1.54, 1.807) is 0 Å². The van der Waals surface area contributed by atoms with Gasteiger partial charge in [-0.25, -0.2) is 0 Å². The largest absolute Gasteiger partial charge is 0.376 e. The molecule has 0 aromatic carbocycles. The minimum atomic E-state index is 0.198. The summed E-state index contributed by atoms with van der Waals surface area (Å²) in [5.41, 5.74) is 0. The number of hydrogen-bond acceptors (Lipinski definition) is 3. The molecule has 1 atom stereocenters. The summed E-state index contributed by atoms with van der Waals surface area (Å²) in [7, 11) is 0. The highest BCUT2D eigenvalue weighted by Crippen LogP contribution is 2.12. The molecule has 0 saturated carbocycles. The van der Waals surface area contributed by atoms with E-state index in [0.717, 1.165) is 25.9 Å². The molecule has 82 valence electrons. The molecule has 0 spiro atoms. The molecule has 1 aliphatic heterocycles. The van der Waals surface area contributed by atoms with Crippen LogP contribution in [0.2, 0.25) is 0 Å². The molecule has 0 aromatic rings. The smallest absolute Gasteiger partial charge is 0.158 e. The maximum absolute atomic E-state index is 11.1. The second-order valence-electron chi connectivity index (χ2n) is 3.79. The quantitative estimate of drug-likeness (QED) is 0.657. The Kier molecular flexibility index (Phi) is 5.80. The monoisotopic (exact) mass is 200 g/mol. The number of hydrogen-bond donors (Lipinski definition) is 0. The third-order valence-electron chi connectivity index (χ3n) is 2.37. The third kappa shape index (κ3) is 4.72. The van der Waals surface area contributed by atoms with Gasteiger partial charge < -0.3 is 9.47 Å². The molecule has 1 heterocycles. The van der Waals surface area contributed by atoms with Gasteiger partial charge in [0.2, 0.25) is 0 Å². The second kappa shape index (κ2) is 6.96. The lowest BCUT2D eigenvalue weighted by molar-refractivity contribution is -0.125. The molecule has 0 bridgehead atoms. The predicted octanol–water partition coefficient (Wildman–Crippen LogP) is 1.94. The van der Waals surface area contributed by atoms with Crippen molar-refractivity contribution >= 4 is 5.78 Å². The van der Waals surface area contributed by atoms with Gasteiger partial charge in [-0.2, -0.15) is 0 Å². The molecule has 0 aromatic heterocycles. The molecule has 3 nitrogen and oxygen atoms in total. The highest BCUT2D eigenvalue weighted by Gasteiger charge is 2.14. The van der Waals surface area contributed by atoms with Gasteiger partial charge >= 0.3 is 0 Å². The van der Waals surface area contributed by atoms with Crippen molar-refractivity contribution in [3.63, 3.8) is 0 Å². The first kappa shape index (κ1) is 11.7. The first-order valence-corrected chi connectivity index (χ1v) is 5.54. The number of carbonyl (C=O) groups excluding carboxylic acids is 1. The second-order valence-corrected chi connectivity index (χ2v) is 3.79. The molecule has 1 aliphatic rings. The summed E-state index contributed by atoms with van der Waals surface area (Å²) < 4.78 is 10.8. The summed E-state index contributed by atoms with van der Waals surface area (Å²) in [5.74, 6) is 0.198. The van der Waals surface area contributed by atoms with Gasteiger partial charge in [0.25, 0.3) is 0 Å². The van der Waals surface area contributed by atoms with Crippen molar-refractivity contribution in [2.75, 3.05) is 19.8 Å². The van der Waals surface area contributed by atoms with Crippen molar-refractivity contribution in [2.45, 2.75) is 45.1 Å². The van der Waals surface area contributed by atoms with Crippen LogP contribution in [0.25, 0.3) is 0 Å². The van der Waals surface area contributed by atoms with Crippen LogP contribution in [0.15, 0.2) is 0 Å². The van der Waals surface area contributed by atoms with Gasteiger partial charge in [0, 0.05) is 13.0 Å². The molecular formula is C11H20O3. The molecule has 1 unspecified atom stereocenters. The van der Waals surface area contributed by atoms with E-state index in [1.807, 2.05) is 6.92 Å². The first-order valence-electron chi connectivity index (χ1n) is 5.54. The van der Waals surface area contributed by atoms with Crippen LogP contribution in [0.4, 0.5) is 0 Å². The molecule has 1 fully saturated rings. The van der Waals surface area contributed by atoms with Gasteiger partial charge in [-0.05, 0) is 25.7 Å². The van der Waals surface area contributed by atoms with Crippen LogP contribution in [-0.4, -0.2) is 31.7 Å². The molecule has 3 heteroatoms. The van der Waals surface area contributed by atoms with E-state index in [2.05, 4.69) is 0 Å². The molecular weight excluding hydrogens is 180 g/mol. The van der Waals surface area contributed by atoms with Crippen LogP contribution in [-0.2, 0) is 14.3 Å². The van der Waals surface area contributed by atoms with Crippen LogP contribution in [0.5, 0.6) is 0 Å². The standard InChI is InChI=1S/C11H20O3/c1-2-5-10(12)8-13-9-11-6-3-4-7-14-11/h11H,2-9H2,1H3. The minimum Gasteiger partial charge on any atom is -0.376 e. The number of rotatable bonds is 6. The molecule has 0 aliphatic carbocycles. The molecule has 1 saturated heterocycles. The van der Waals surface area contributed by atoms with Crippen LogP contribution < -0.4 is 0 Å². The molecule has 0 amide bonds. The first-order chi connectivity index (χ1) is 6.83. The van der Waals surface area contributed by atoms with E-state index < -0.39 is 0 Å². The maximum atomic E-state index is 11.1. The van der Waals surface area contributed by atoms with Gasteiger partial charge in [-0.1, -0.05) is 6.92 Å². The van der Waals surface area contributed by atoms with Gasteiger partial charge in [0.05, 0.1) is 12.7 Å². The van der Waals surface area contributed by atoms with E-state index in [1.165, 1.54) is 6.42 Å². The summed E-state index contributed by atoms with van der Waals surface area (Å²) in [6, 6.07) is 0. The van der Waals surface area contributed by atoms with E-state index in [-0.39, 0.29) is 18.5 Å². The Morgan fingerprint density at radius 1 is 1.50 bits per heavy atom. The van der Waals surface area contributed by atoms with E-state index in [4.69, 9.17) is 9.47 Å². The summed E-state index contributed by atoms with van der Waals surface area (Å²) in [5, 5.41) is 0. The molecule has 1 rings (SSSR count). The van der Waals surface area contributed by atoms with Crippen molar-refractivity contribution in [1.29, 1.82) is 0 Å².